The van der Waals surface area contributed by atoms with Gasteiger partial charge in [-0.2, -0.15) is 0 Å². The lowest BCUT2D eigenvalue weighted by Crippen LogP contribution is -2.18. The highest BCUT2D eigenvalue weighted by Gasteiger charge is 2.16. The monoisotopic (exact) mass is 290 g/mol. The van der Waals surface area contributed by atoms with E-state index in [1.165, 1.54) is 32.4 Å². The number of carbonyl (C=O) groups excluding carboxylic acids is 1. The number of Topliss-reactive ketones (excluding diaryl/α,β-unsaturated/α-hetero) is 1. The fourth-order valence-electron chi connectivity index (χ4n) is 1.24. The molecule has 0 bridgehead atoms. The van der Waals surface area contributed by atoms with Crippen LogP contribution in [0.3, 0.4) is 0 Å². The van der Waals surface area contributed by atoms with E-state index in [1.54, 1.807) is 0 Å². The maximum absolute atomic E-state index is 12.8. The van der Waals surface area contributed by atoms with Crippen LogP contribution in [-0.2, 0) is 9.47 Å². The second-order valence-corrected chi connectivity index (χ2v) is 4.01. The lowest BCUT2D eigenvalue weighted by molar-refractivity contribution is -0.0993. The van der Waals surface area contributed by atoms with Crippen molar-refractivity contribution in [2.75, 3.05) is 14.2 Å². The largest absolute Gasteiger partial charge is 0.355 e. The molecule has 1 aromatic rings. The van der Waals surface area contributed by atoms with E-state index in [1.807, 2.05) is 0 Å². The highest BCUT2D eigenvalue weighted by molar-refractivity contribution is 9.10. The van der Waals surface area contributed by atoms with Crippen molar-refractivity contribution in [3.63, 3.8) is 0 Å². The topological polar surface area (TPSA) is 35.5 Å². The minimum atomic E-state index is -0.579. The highest BCUT2D eigenvalue weighted by Crippen LogP contribution is 2.20. The molecule has 88 valence electrons. The first-order chi connectivity index (χ1) is 7.58. The van der Waals surface area contributed by atoms with Gasteiger partial charge in [-0.05, 0) is 34.1 Å². The van der Waals surface area contributed by atoms with Gasteiger partial charge in [-0.25, -0.2) is 4.39 Å². The number of hydrogen-bond acceptors (Lipinski definition) is 3. The number of methoxy groups -OCH3 is 2. The molecule has 0 fully saturated rings. The van der Waals surface area contributed by atoms with E-state index in [0.717, 1.165) is 0 Å². The summed E-state index contributed by atoms with van der Waals surface area (Å²) < 4.78 is 23.1. The molecule has 5 heteroatoms. The molecule has 0 N–H and O–H groups in total. The first-order valence-corrected chi connectivity index (χ1v) is 5.41. The van der Waals surface area contributed by atoms with Crippen LogP contribution in [-0.4, -0.2) is 26.3 Å². The molecule has 0 amide bonds. The third kappa shape index (κ3) is 3.37. The molecule has 0 aliphatic rings. The van der Waals surface area contributed by atoms with E-state index in [4.69, 9.17) is 9.47 Å². The van der Waals surface area contributed by atoms with Crippen molar-refractivity contribution in [2.45, 2.75) is 12.7 Å². The molecule has 0 saturated heterocycles. The molecule has 0 atom stereocenters. The van der Waals surface area contributed by atoms with Crippen molar-refractivity contribution in [3.05, 3.63) is 34.1 Å². The molecule has 0 aliphatic carbocycles. The minimum absolute atomic E-state index is 0.0945. The standard InChI is InChI=1S/C11H12BrFO3/c1-15-11(16-2)6-10(14)8-4-3-7(13)5-9(8)12/h3-5,11H,6H2,1-2H3. The number of carbonyl (C=O) groups is 1. The molecule has 0 spiro atoms. The highest BCUT2D eigenvalue weighted by atomic mass is 79.9. The van der Waals surface area contributed by atoms with Crippen LogP contribution in [0.5, 0.6) is 0 Å². The van der Waals surface area contributed by atoms with Crippen molar-refractivity contribution in [3.8, 4) is 0 Å². The summed E-state index contributed by atoms with van der Waals surface area (Å²) in [4.78, 5) is 11.8. The van der Waals surface area contributed by atoms with Gasteiger partial charge in [0.05, 0.1) is 6.42 Å². The van der Waals surface area contributed by atoms with E-state index in [2.05, 4.69) is 15.9 Å². The predicted octanol–water partition coefficient (Wildman–Crippen LogP) is 2.78. The van der Waals surface area contributed by atoms with Gasteiger partial charge in [0.25, 0.3) is 0 Å². The van der Waals surface area contributed by atoms with E-state index < -0.39 is 12.1 Å². The Kier molecular flexibility index (Phi) is 5.05. The number of hydrogen-bond donors (Lipinski definition) is 0. The number of rotatable bonds is 5. The van der Waals surface area contributed by atoms with Gasteiger partial charge >= 0.3 is 0 Å². The van der Waals surface area contributed by atoms with Gasteiger partial charge in [-0.3, -0.25) is 4.79 Å². The normalized spacial score (nSPS) is 10.8. The Balaban J connectivity index is 2.80. The number of ketones is 1. The Hall–Kier alpha value is -0.780. The van der Waals surface area contributed by atoms with Crippen LogP contribution in [0.2, 0.25) is 0 Å². The van der Waals surface area contributed by atoms with Crippen LogP contribution in [0.1, 0.15) is 16.8 Å². The smallest absolute Gasteiger partial charge is 0.169 e. The van der Waals surface area contributed by atoms with Gasteiger partial charge in [0, 0.05) is 24.3 Å². The lowest BCUT2D eigenvalue weighted by atomic mass is 10.1. The molecule has 0 radical (unpaired) electrons. The maximum Gasteiger partial charge on any atom is 0.169 e. The molecular weight excluding hydrogens is 279 g/mol. The molecule has 16 heavy (non-hydrogen) atoms. The fourth-order valence-corrected chi connectivity index (χ4v) is 1.81. The summed E-state index contributed by atoms with van der Waals surface area (Å²) in [6.45, 7) is 0. The molecule has 0 saturated carbocycles. The maximum atomic E-state index is 12.8. The van der Waals surface area contributed by atoms with Gasteiger partial charge in [-0.1, -0.05) is 0 Å². The molecule has 0 aliphatic heterocycles. The summed E-state index contributed by atoms with van der Waals surface area (Å²) in [6.07, 6.45) is -0.485. The van der Waals surface area contributed by atoms with E-state index in [9.17, 15) is 9.18 Å². The zero-order chi connectivity index (χ0) is 12.1. The van der Waals surface area contributed by atoms with Crippen molar-refractivity contribution < 1.29 is 18.7 Å². The second-order valence-electron chi connectivity index (χ2n) is 3.15. The minimum Gasteiger partial charge on any atom is -0.355 e. The van der Waals surface area contributed by atoms with Crippen LogP contribution >= 0.6 is 15.9 Å². The molecule has 0 heterocycles. The molecule has 0 unspecified atom stereocenters. The summed E-state index contributed by atoms with van der Waals surface area (Å²) in [5.74, 6) is -0.556. The van der Waals surface area contributed by atoms with Gasteiger partial charge < -0.3 is 9.47 Å². The third-order valence-electron chi connectivity index (χ3n) is 2.11. The first kappa shape index (κ1) is 13.3. The molecular formula is C11H12BrFO3. The van der Waals surface area contributed by atoms with E-state index >= 15 is 0 Å². The molecule has 0 aromatic heterocycles. The average molecular weight is 291 g/mol. The summed E-state index contributed by atoms with van der Waals surface area (Å²) in [6, 6.07) is 3.93. The van der Waals surface area contributed by atoms with E-state index in [-0.39, 0.29) is 12.2 Å². The van der Waals surface area contributed by atoms with Crippen LogP contribution < -0.4 is 0 Å². The number of halogens is 2. The molecule has 1 aromatic carbocycles. The van der Waals surface area contributed by atoms with Gasteiger partial charge in [-0.15, -0.1) is 0 Å². The molecule has 1 rings (SSSR count). The lowest BCUT2D eigenvalue weighted by Gasteiger charge is -2.12. The number of benzene rings is 1. The van der Waals surface area contributed by atoms with Crippen molar-refractivity contribution in [2.24, 2.45) is 0 Å². The quantitative estimate of drug-likeness (QED) is 0.618. The zero-order valence-electron chi connectivity index (χ0n) is 9.00. The molecule has 3 nitrogen and oxygen atoms in total. The van der Waals surface area contributed by atoms with Crippen molar-refractivity contribution in [1.29, 1.82) is 0 Å². The van der Waals surface area contributed by atoms with E-state index in [0.29, 0.717) is 10.0 Å². The first-order valence-electron chi connectivity index (χ1n) is 4.62. The Morgan fingerprint density at radius 1 is 1.44 bits per heavy atom. The average Bonchev–Trinajstić information content (AvgIpc) is 2.25. The van der Waals surface area contributed by atoms with Gasteiger partial charge in [0.1, 0.15) is 5.82 Å². The fraction of sp³-hybridized carbons (Fsp3) is 0.364. The zero-order valence-corrected chi connectivity index (χ0v) is 10.6. The number of ether oxygens (including phenoxy) is 2. The van der Waals surface area contributed by atoms with Crippen LogP contribution in [0.25, 0.3) is 0 Å². The van der Waals surface area contributed by atoms with Crippen LogP contribution in [0, 0.1) is 5.82 Å². The van der Waals surface area contributed by atoms with Gasteiger partial charge in [0.15, 0.2) is 12.1 Å². The van der Waals surface area contributed by atoms with Crippen LogP contribution in [0.15, 0.2) is 22.7 Å². The van der Waals surface area contributed by atoms with Gasteiger partial charge in [0.2, 0.25) is 0 Å². The summed E-state index contributed by atoms with van der Waals surface area (Å²) in [5.41, 5.74) is 0.417. The van der Waals surface area contributed by atoms with Crippen LogP contribution in [0.4, 0.5) is 4.39 Å². The Bertz CT molecular complexity index is 377. The summed E-state index contributed by atoms with van der Waals surface area (Å²) >= 11 is 3.14. The third-order valence-corrected chi connectivity index (χ3v) is 2.77. The second kappa shape index (κ2) is 6.08. The Labute approximate surface area is 102 Å². The predicted molar refractivity (Wildman–Crippen MR) is 60.9 cm³/mol. The Morgan fingerprint density at radius 3 is 2.56 bits per heavy atom. The van der Waals surface area contributed by atoms with Crippen molar-refractivity contribution >= 4 is 21.7 Å². The summed E-state index contributed by atoms with van der Waals surface area (Å²) in [7, 11) is 2.92. The van der Waals surface area contributed by atoms with Crippen molar-refractivity contribution in [1.82, 2.24) is 0 Å². The summed E-state index contributed by atoms with van der Waals surface area (Å²) in [5, 5.41) is 0. The SMILES string of the molecule is COC(CC(=O)c1ccc(F)cc1Br)OC. The Morgan fingerprint density at radius 2 is 2.06 bits per heavy atom.